The zero-order valence-electron chi connectivity index (χ0n) is 8.79. The molecule has 0 aromatic carbocycles. The molecule has 2 fully saturated rings. The highest BCUT2D eigenvalue weighted by Crippen LogP contribution is 2.38. The summed E-state index contributed by atoms with van der Waals surface area (Å²) in [7, 11) is 0. The summed E-state index contributed by atoms with van der Waals surface area (Å²) in [6, 6.07) is 2.16. The third-order valence-electron chi connectivity index (χ3n) is 3.86. The van der Waals surface area contributed by atoms with Crippen molar-refractivity contribution < 1.29 is 0 Å². The van der Waals surface area contributed by atoms with Crippen molar-refractivity contribution in [1.82, 2.24) is 4.90 Å². The van der Waals surface area contributed by atoms with Crippen LogP contribution in [0.3, 0.4) is 0 Å². The molecular weight excluding hydrogens is 270 g/mol. The van der Waals surface area contributed by atoms with E-state index < -0.39 is 0 Å². The summed E-state index contributed by atoms with van der Waals surface area (Å²) in [6.45, 7) is 3.84. The van der Waals surface area contributed by atoms with Gasteiger partial charge in [0.1, 0.15) is 0 Å². The zero-order valence-corrected chi connectivity index (χ0v) is 11.2. The Morgan fingerprint density at radius 1 is 1.33 bits per heavy atom. The molecule has 1 aliphatic carbocycles. The average molecular weight is 286 g/mol. The first kappa shape index (κ1) is 10.3. The lowest BCUT2D eigenvalue weighted by Crippen LogP contribution is -2.20. The van der Waals surface area contributed by atoms with Crippen molar-refractivity contribution in [2.75, 3.05) is 13.1 Å². The van der Waals surface area contributed by atoms with E-state index in [2.05, 4.69) is 32.3 Å². The SMILES string of the molecule is Brc1ccsc1CN1CC2CCCC2C1. The lowest BCUT2D eigenvalue weighted by molar-refractivity contribution is 0.305. The van der Waals surface area contributed by atoms with Gasteiger partial charge in [0.2, 0.25) is 0 Å². The van der Waals surface area contributed by atoms with Crippen molar-refractivity contribution >= 4 is 27.3 Å². The number of fused-ring (bicyclic) bond motifs is 1. The molecule has 1 aromatic rings. The van der Waals surface area contributed by atoms with Gasteiger partial charge in [0, 0.05) is 29.0 Å². The molecule has 3 heteroatoms. The topological polar surface area (TPSA) is 3.24 Å². The summed E-state index contributed by atoms with van der Waals surface area (Å²) < 4.78 is 1.30. The van der Waals surface area contributed by atoms with Crippen LogP contribution in [0.25, 0.3) is 0 Å². The Kier molecular flexibility index (Phi) is 2.88. The second-order valence-corrected chi connectivity index (χ2v) is 6.69. The van der Waals surface area contributed by atoms with Gasteiger partial charge in [0.15, 0.2) is 0 Å². The third-order valence-corrected chi connectivity index (χ3v) is 5.77. The number of nitrogens with zero attached hydrogens (tertiary/aromatic N) is 1. The van der Waals surface area contributed by atoms with Crippen LogP contribution in [0, 0.1) is 11.8 Å². The highest BCUT2D eigenvalue weighted by molar-refractivity contribution is 9.10. The van der Waals surface area contributed by atoms with Crippen LogP contribution < -0.4 is 0 Å². The Hall–Kier alpha value is 0.140. The molecule has 0 amide bonds. The van der Waals surface area contributed by atoms with E-state index in [1.165, 1.54) is 41.7 Å². The van der Waals surface area contributed by atoms with E-state index in [1.54, 1.807) is 0 Å². The zero-order chi connectivity index (χ0) is 10.3. The Balaban J connectivity index is 1.64. The highest BCUT2D eigenvalue weighted by atomic mass is 79.9. The third kappa shape index (κ3) is 2.02. The van der Waals surface area contributed by atoms with Crippen LogP contribution in [0.5, 0.6) is 0 Å². The first-order valence-electron chi connectivity index (χ1n) is 5.77. The van der Waals surface area contributed by atoms with Crippen LogP contribution >= 0.6 is 27.3 Å². The van der Waals surface area contributed by atoms with E-state index in [9.17, 15) is 0 Å². The molecular formula is C12H16BrNS. The van der Waals surface area contributed by atoms with E-state index in [1.807, 2.05) is 11.3 Å². The largest absolute Gasteiger partial charge is 0.298 e. The van der Waals surface area contributed by atoms with Gasteiger partial charge >= 0.3 is 0 Å². The summed E-state index contributed by atoms with van der Waals surface area (Å²) in [5, 5.41) is 2.18. The minimum Gasteiger partial charge on any atom is -0.298 e. The Bertz CT molecular complexity index is 337. The summed E-state index contributed by atoms with van der Waals surface area (Å²) in [4.78, 5) is 4.14. The van der Waals surface area contributed by atoms with Gasteiger partial charge in [-0.1, -0.05) is 6.42 Å². The maximum Gasteiger partial charge on any atom is 0.0339 e. The molecule has 1 saturated heterocycles. The second-order valence-electron chi connectivity index (χ2n) is 4.84. The average Bonchev–Trinajstić information content (AvgIpc) is 2.83. The number of hydrogen-bond acceptors (Lipinski definition) is 2. The summed E-state index contributed by atoms with van der Waals surface area (Å²) >= 11 is 5.49. The van der Waals surface area contributed by atoms with Crippen LogP contribution in [0.15, 0.2) is 15.9 Å². The summed E-state index contributed by atoms with van der Waals surface area (Å²) in [6.07, 6.45) is 4.44. The van der Waals surface area contributed by atoms with Crippen LogP contribution in [-0.2, 0) is 6.54 Å². The van der Waals surface area contributed by atoms with Crippen LogP contribution in [0.1, 0.15) is 24.1 Å². The summed E-state index contributed by atoms with van der Waals surface area (Å²) in [5.41, 5.74) is 0. The van der Waals surface area contributed by atoms with Crippen molar-refractivity contribution in [3.05, 3.63) is 20.8 Å². The molecule has 1 nitrogen and oxygen atoms in total. The molecule has 2 unspecified atom stereocenters. The van der Waals surface area contributed by atoms with Gasteiger partial charge in [-0.05, 0) is 52.1 Å². The summed E-state index contributed by atoms with van der Waals surface area (Å²) in [5.74, 6) is 2.03. The number of likely N-dealkylation sites (tertiary alicyclic amines) is 1. The van der Waals surface area contributed by atoms with Gasteiger partial charge in [-0.25, -0.2) is 0 Å². The van der Waals surface area contributed by atoms with Crippen molar-refractivity contribution in [3.63, 3.8) is 0 Å². The number of rotatable bonds is 2. The maximum absolute atomic E-state index is 3.62. The fourth-order valence-corrected chi connectivity index (χ4v) is 4.62. The van der Waals surface area contributed by atoms with E-state index >= 15 is 0 Å². The standard InChI is InChI=1S/C12H16BrNS/c13-11-4-5-15-12(11)8-14-6-9-2-1-3-10(9)7-14/h4-5,9-10H,1-3,6-8H2. The molecule has 0 bridgehead atoms. The van der Waals surface area contributed by atoms with Crippen molar-refractivity contribution in [2.24, 2.45) is 11.8 Å². The van der Waals surface area contributed by atoms with Gasteiger partial charge in [0.05, 0.1) is 0 Å². The quantitative estimate of drug-likeness (QED) is 0.800. The van der Waals surface area contributed by atoms with Crippen molar-refractivity contribution in [3.8, 4) is 0 Å². The first-order chi connectivity index (χ1) is 7.33. The smallest absolute Gasteiger partial charge is 0.0339 e. The van der Waals surface area contributed by atoms with Gasteiger partial charge < -0.3 is 0 Å². The molecule has 1 saturated carbocycles. The van der Waals surface area contributed by atoms with Crippen molar-refractivity contribution in [2.45, 2.75) is 25.8 Å². The van der Waals surface area contributed by atoms with E-state index in [4.69, 9.17) is 0 Å². The molecule has 0 N–H and O–H groups in total. The lowest BCUT2D eigenvalue weighted by Gasteiger charge is -2.15. The molecule has 15 heavy (non-hydrogen) atoms. The highest BCUT2D eigenvalue weighted by Gasteiger charge is 2.35. The molecule has 1 aromatic heterocycles. The Morgan fingerprint density at radius 2 is 2.07 bits per heavy atom. The van der Waals surface area contributed by atoms with E-state index in [0.717, 1.165) is 18.4 Å². The van der Waals surface area contributed by atoms with Gasteiger partial charge in [0.25, 0.3) is 0 Å². The lowest BCUT2D eigenvalue weighted by atomic mass is 10.0. The van der Waals surface area contributed by atoms with Crippen LogP contribution in [-0.4, -0.2) is 18.0 Å². The monoisotopic (exact) mass is 285 g/mol. The fourth-order valence-electron chi connectivity index (χ4n) is 3.10. The predicted molar refractivity (Wildman–Crippen MR) is 68.1 cm³/mol. The minimum absolute atomic E-state index is 1.02. The van der Waals surface area contributed by atoms with Gasteiger partial charge in [-0.3, -0.25) is 4.90 Å². The first-order valence-corrected chi connectivity index (χ1v) is 7.44. The van der Waals surface area contributed by atoms with Crippen molar-refractivity contribution in [1.29, 1.82) is 0 Å². The molecule has 2 heterocycles. The minimum atomic E-state index is 1.02. The van der Waals surface area contributed by atoms with Crippen LogP contribution in [0.4, 0.5) is 0 Å². The fraction of sp³-hybridized carbons (Fsp3) is 0.667. The second kappa shape index (κ2) is 4.19. The van der Waals surface area contributed by atoms with E-state index in [-0.39, 0.29) is 0 Å². The van der Waals surface area contributed by atoms with Gasteiger partial charge in [-0.2, -0.15) is 0 Å². The molecule has 0 radical (unpaired) electrons. The molecule has 2 atom stereocenters. The predicted octanol–water partition coefficient (Wildman–Crippen LogP) is 3.74. The molecule has 0 spiro atoms. The number of hydrogen-bond donors (Lipinski definition) is 0. The Labute approximate surface area is 104 Å². The maximum atomic E-state index is 3.62. The number of halogens is 1. The number of thiophene rings is 1. The van der Waals surface area contributed by atoms with E-state index in [0.29, 0.717) is 0 Å². The molecule has 3 rings (SSSR count). The van der Waals surface area contributed by atoms with Crippen LogP contribution in [0.2, 0.25) is 0 Å². The molecule has 82 valence electrons. The molecule has 2 aliphatic rings. The van der Waals surface area contributed by atoms with Gasteiger partial charge in [-0.15, -0.1) is 11.3 Å². The normalized spacial score (nSPS) is 31.0. The Morgan fingerprint density at radius 3 is 2.67 bits per heavy atom. The molecule has 1 aliphatic heterocycles.